The summed E-state index contributed by atoms with van der Waals surface area (Å²) in [5, 5.41) is 3.26. The standard InChI is InChI=1S/C16H30N2O2/c1-13(14-6-10-20-11-7-14)18-15(19)16(12-17)8-4-2-3-5-9-16/h13-14H,2-12,17H2,1H3,(H,18,19). The molecule has 20 heavy (non-hydrogen) atoms. The Hall–Kier alpha value is -0.610. The highest BCUT2D eigenvalue weighted by Crippen LogP contribution is 2.34. The second kappa shape index (κ2) is 7.41. The molecular weight excluding hydrogens is 252 g/mol. The van der Waals surface area contributed by atoms with Crippen LogP contribution in [0.4, 0.5) is 0 Å². The van der Waals surface area contributed by atoms with Crippen LogP contribution in [-0.4, -0.2) is 31.7 Å². The second-order valence-corrected chi connectivity index (χ2v) is 6.61. The fourth-order valence-electron chi connectivity index (χ4n) is 3.62. The third-order valence-corrected chi connectivity index (χ3v) is 5.26. The van der Waals surface area contributed by atoms with Crippen molar-refractivity contribution in [1.82, 2.24) is 5.32 Å². The Morgan fingerprint density at radius 1 is 1.25 bits per heavy atom. The molecule has 0 bridgehead atoms. The molecule has 2 aliphatic rings. The molecule has 0 aromatic rings. The van der Waals surface area contributed by atoms with E-state index in [1.165, 1.54) is 12.8 Å². The van der Waals surface area contributed by atoms with Gasteiger partial charge in [-0.05, 0) is 38.5 Å². The quantitative estimate of drug-likeness (QED) is 0.777. The van der Waals surface area contributed by atoms with Crippen LogP contribution < -0.4 is 11.1 Å². The highest BCUT2D eigenvalue weighted by atomic mass is 16.5. The fourth-order valence-corrected chi connectivity index (χ4v) is 3.62. The normalized spacial score (nSPS) is 25.7. The first-order valence-corrected chi connectivity index (χ1v) is 8.27. The van der Waals surface area contributed by atoms with E-state index in [0.29, 0.717) is 12.5 Å². The lowest BCUT2D eigenvalue weighted by atomic mass is 9.79. The first kappa shape index (κ1) is 15.8. The number of hydrogen-bond acceptors (Lipinski definition) is 3. The van der Waals surface area contributed by atoms with Gasteiger partial charge in [0.25, 0.3) is 0 Å². The fraction of sp³-hybridized carbons (Fsp3) is 0.938. The SMILES string of the molecule is CC(NC(=O)C1(CN)CCCCCC1)C1CCOCC1. The van der Waals surface area contributed by atoms with Gasteiger partial charge in [0, 0.05) is 25.8 Å². The van der Waals surface area contributed by atoms with Gasteiger partial charge in [0.2, 0.25) is 5.91 Å². The highest BCUT2D eigenvalue weighted by molar-refractivity contribution is 5.83. The van der Waals surface area contributed by atoms with Crippen LogP contribution in [0.5, 0.6) is 0 Å². The van der Waals surface area contributed by atoms with Crippen LogP contribution >= 0.6 is 0 Å². The Bertz CT molecular complexity index is 306. The number of amides is 1. The minimum Gasteiger partial charge on any atom is -0.381 e. The molecule has 1 saturated heterocycles. The molecular formula is C16H30N2O2. The molecule has 1 amide bonds. The van der Waals surface area contributed by atoms with Gasteiger partial charge in [0.15, 0.2) is 0 Å². The third kappa shape index (κ3) is 3.73. The van der Waals surface area contributed by atoms with E-state index in [-0.39, 0.29) is 17.4 Å². The maximum absolute atomic E-state index is 12.7. The van der Waals surface area contributed by atoms with Crippen molar-refractivity contribution in [2.24, 2.45) is 17.1 Å². The summed E-state index contributed by atoms with van der Waals surface area (Å²) in [5.74, 6) is 0.745. The molecule has 4 heteroatoms. The molecule has 1 heterocycles. The largest absolute Gasteiger partial charge is 0.381 e. The van der Waals surface area contributed by atoms with Crippen molar-refractivity contribution in [2.75, 3.05) is 19.8 Å². The number of nitrogens with two attached hydrogens (primary N) is 1. The van der Waals surface area contributed by atoms with Gasteiger partial charge in [-0.3, -0.25) is 4.79 Å². The lowest BCUT2D eigenvalue weighted by Gasteiger charge is -2.34. The van der Waals surface area contributed by atoms with Gasteiger partial charge in [-0.1, -0.05) is 25.7 Å². The molecule has 0 radical (unpaired) electrons. The summed E-state index contributed by atoms with van der Waals surface area (Å²) in [5.41, 5.74) is 5.67. The Kier molecular flexibility index (Phi) is 5.85. The Morgan fingerprint density at radius 3 is 2.40 bits per heavy atom. The van der Waals surface area contributed by atoms with Crippen LogP contribution in [0.1, 0.15) is 58.3 Å². The van der Waals surface area contributed by atoms with Crippen LogP contribution in [0.15, 0.2) is 0 Å². The number of nitrogens with one attached hydrogen (secondary N) is 1. The topological polar surface area (TPSA) is 64.4 Å². The van der Waals surface area contributed by atoms with E-state index in [0.717, 1.165) is 51.7 Å². The summed E-state index contributed by atoms with van der Waals surface area (Å²) < 4.78 is 5.40. The van der Waals surface area contributed by atoms with Crippen LogP contribution in [0.25, 0.3) is 0 Å². The van der Waals surface area contributed by atoms with E-state index in [4.69, 9.17) is 10.5 Å². The van der Waals surface area contributed by atoms with Gasteiger partial charge in [-0.25, -0.2) is 0 Å². The second-order valence-electron chi connectivity index (χ2n) is 6.61. The van der Waals surface area contributed by atoms with Crippen molar-refractivity contribution in [2.45, 2.75) is 64.3 Å². The van der Waals surface area contributed by atoms with Gasteiger partial charge < -0.3 is 15.8 Å². The minimum atomic E-state index is -0.310. The predicted molar refractivity (Wildman–Crippen MR) is 80.3 cm³/mol. The van der Waals surface area contributed by atoms with Gasteiger partial charge in [-0.2, -0.15) is 0 Å². The number of rotatable bonds is 4. The molecule has 0 aromatic carbocycles. The predicted octanol–water partition coefficient (Wildman–Crippen LogP) is 2.22. The van der Waals surface area contributed by atoms with Crippen LogP contribution in [-0.2, 0) is 9.53 Å². The number of carbonyl (C=O) groups excluding carboxylic acids is 1. The van der Waals surface area contributed by atoms with Crippen molar-refractivity contribution >= 4 is 5.91 Å². The Balaban J connectivity index is 1.93. The number of carbonyl (C=O) groups is 1. The van der Waals surface area contributed by atoms with E-state index >= 15 is 0 Å². The molecule has 0 spiro atoms. The van der Waals surface area contributed by atoms with E-state index in [9.17, 15) is 4.79 Å². The lowest BCUT2D eigenvalue weighted by Crippen LogP contribution is -2.50. The van der Waals surface area contributed by atoms with E-state index < -0.39 is 0 Å². The summed E-state index contributed by atoms with van der Waals surface area (Å²) in [4.78, 5) is 12.7. The van der Waals surface area contributed by atoms with Crippen molar-refractivity contribution < 1.29 is 9.53 Å². The summed E-state index contributed by atoms with van der Waals surface area (Å²) in [7, 11) is 0. The van der Waals surface area contributed by atoms with Gasteiger partial charge in [0.1, 0.15) is 0 Å². The first-order valence-electron chi connectivity index (χ1n) is 8.27. The Labute approximate surface area is 122 Å². The van der Waals surface area contributed by atoms with Crippen molar-refractivity contribution in [3.05, 3.63) is 0 Å². The molecule has 1 atom stereocenters. The molecule has 2 fully saturated rings. The van der Waals surface area contributed by atoms with Crippen LogP contribution in [0.2, 0.25) is 0 Å². The smallest absolute Gasteiger partial charge is 0.227 e. The average molecular weight is 282 g/mol. The molecule has 1 unspecified atom stereocenters. The van der Waals surface area contributed by atoms with E-state index in [1.54, 1.807) is 0 Å². The third-order valence-electron chi connectivity index (χ3n) is 5.26. The van der Waals surface area contributed by atoms with Crippen LogP contribution in [0.3, 0.4) is 0 Å². The minimum absolute atomic E-state index is 0.195. The molecule has 1 aliphatic carbocycles. The molecule has 0 aromatic heterocycles. The van der Waals surface area contributed by atoms with Gasteiger partial charge in [0.05, 0.1) is 5.41 Å². The first-order chi connectivity index (χ1) is 9.68. The summed E-state index contributed by atoms with van der Waals surface area (Å²) in [6, 6.07) is 0.234. The lowest BCUT2D eigenvalue weighted by molar-refractivity contribution is -0.132. The van der Waals surface area contributed by atoms with Gasteiger partial charge in [-0.15, -0.1) is 0 Å². The number of ether oxygens (including phenoxy) is 1. The van der Waals surface area contributed by atoms with Crippen molar-refractivity contribution in [1.29, 1.82) is 0 Å². The Morgan fingerprint density at radius 2 is 1.85 bits per heavy atom. The summed E-state index contributed by atoms with van der Waals surface area (Å²) in [6.07, 6.45) is 8.77. The van der Waals surface area contributed by atoms with E-state index in [2.05, 4.69) is 12.2 Å². The highest BCUT2D eigenvalue weighted by Gasteiger charge is 2.38. The maximum atomic E-state index is 12.7. The van der Waals surface area contributed by atoms with Crippen molar-refractivity contribution in [3.63, 3.8) is 0 Å². The molecule has 116 valence electrons. The molecule has 2 rings (SSSR count). The average Bonchev–Trinajstić information content (AvgIpc) is 2.74. The molecule has 1 aliphatic heterocycles. The molecule has 3 N–H and O–H groups in total. The molecule has 4 nitrogen and oxygen atoms in total. The zero-order valence-electron chi connectivity index (χ0n) is 12.8. The zero-order valence-corrected chi connectivity index (χ0v) is 12.8. The molecule has 1 saturated carbocycles. The van der Waals surface area contributed by atoms with E-state index in [1.807, 2.05) is 0 Å². The number of hydrogen-bond donors (Lipinski definition) is 2. The zero-order chi connectivity index (χ0) is 14.4. The summed E-state index contributed by atoms with van der Waals surface area (Å²) >= 11 is 0. The summed E-state index contributed by atoms with van der Waals surface area (Å²) in [6.45, 7) is 4.27. The van der Waals surface area contributed by atoms with Gasteiger partial charge >= 0.3 is 0 Å². The van der Waals surface area contributed by atoms with Crippen LogP contribution in [0, 0.1) is 11.3 Å². The monoisotopic (exact) mass is 282 g/mol. The van der Waals surface area contributed by atoms with Crippen molar-refractivity contribution in [3.8, 4) is 0 Å². The maximum Gasteiger partial charge on any atom is 0.227 e.